The number of nitrogens with zero attached hydrogens (tertiary/aromatic N) is 2. The van der Waals surface area contributed by atoms with Crippen molar-refractivity contribution in [1.82, 2.24) is 9.80 Å². The predicted octanol–water partition coefficient (Wildman–Crippen LogP) is 2.10. The maximum Gasteiger partial charge on any atom is 0.253 e. The van der Waals surface area contributed by atoms with Gasteiger partial charge in [-0.05, 0) is 62.1 Å². The lowest BCUT2D eigenvalue weighted by atomic mass is 10.0. The first-order chi connectivity index (χ1) is 15.6. The SMILES string of the molecule is CC(C)S(=O)(=O)Nc1cccc(-c2ccc(C(=O)N3CCN(C(O)C4(O)CC4)CC3)cc2)c1. The monoisotopic (exact) mass is 473 g/mol. The van der Waals surface area contributed by atoms with E-state index in [9.17, 15) is 23.4 Å². The Bertz CT molecular complexity index is 1110. The molecule has 2 fully saturated rings. The number of carbonyl (C=O) groups excluding carboxylic acids is 1. The summed E-state index contributed by atoms with van der Waals surface area (Å²) in [6, 6.07) is 14.4. The van der Waals surface area contributed by atoms with Crippen LogP contribution in [0.2, 0.25) is 0 Å². The second-order valence-electron chi connectivity index (χ2n) is 9.16. The molecule has 1 atom stereocenters. The summed E-state index contributed by atoms with van der Waals surface area (Å²) in [5.74, 6) is -0.0701. The molecule has 1 saturated heterocycles. The van der Waals surface area contributed by atoms with E-state index in [1.807, 2.05) is 23.1 Å². The zero-order valence-electron chi connectivity index (χ0n) is 18.9. The van der Waals surface area contributed by atoms with E-state index in [1.165, 1.54) is 0 Å². The average Bonchev–Trinajstić information content (AvgIpc) is 3.56. The van der Waals surface area contributed by atoms with E-state index in [-0.39, 0.29) is 5.91 Å². The van der Waals surface area contributed by atoms with Crippen molar-refractivity contribution < 1.29 is 23.4 Å². The highest BCUT2D eigenvalue weighted by atomic mass is 32.2. The number of aliphatic hydroxyl groups excluding tert-OH is 1. The van der Waals surface area contributed by atoms with E-state index in [1.54, 1.807) is 49.1 Å². The summed E-state index contributed by atoms with van der Waals surface area (Å²) in [7, 11) is -3.43. The smallest absolute Gasteiger partial charge is 0.253 e. The highest BCUT2D eigenvalue weighted by Gasteiger charge is 2.50. The number of anilines is 1. The summed E-state index contributed by atoms with van der Waals surface area (Å²) in [5.41, 5.74) is 1.82. The largest absolute Gasteiger partial charge is 0.386 e. The number of nitrogens with one attached hydrogen (secondary N) is 1. The molecule has 2 aliphatic rings. The number of amides is 1. The number of hydrogen-bond acceptors (Lipinski definition) is 6. The fourth-order valence-corrected chi connectivity index (χ4v) is 4.62. The van der Waals surface area contributed by atoms with Crippen LogP contribution in [0.1, 0.15) is 37.0 Å². The second kappa shape index (κ2) is 9.06. The Labute approximate surface area is 194 Å². The minimum Gasteiger partial charge on any atom is -0.386 e. The fourth-order valence-electron chi connectivity index (χ4n) is 3.93. The Balaban J connectivity index is 1.39. The van der Waals surface area contributed by atoms with Gasteiger partial charge in [-0.1, -0.05) is 24.3 Å². The van der Waals surface area contributed by atoms with Gasteiger partial charge in [0.05, 0.1) is 5.25 Å². The highest BCUT2D eigenvalue weighted by molar-refractivity contribution is 7.93. The third kappa shape index (κ3) is 5.22. The molecule has 1 saturated carbocycles. The van der Waals surface area contributed by atoms with Crippen LogP contribution in [-0.2, 0) is 10.0 Å². The van der Waals surface area contributed by atoms with E-state index in [0.29, 0.717) is 50.3 Å². The molecule has 1 amide bonds. The summed E-state index contributed by atoms with van der Waals surface area (Å²) in [5, 5.41) is 19.9. The van der Waals surface area contributed by atoms with Crippen molar-refractivity contribution in [1.29, 1.82) is 0 Å². The highest BCUT2D eigenvalue weighted by Crippen LogP contribution is 2.39. The summed E-state index contributed by atoms with van der Waals surface area (Å²) >= 11 is 0. The number of rotatable bonds is 7. The Morgan fingerprint density at radius 1 is 1.00 bits per heavy atom. The van der Waals surface area contributed by atoms with Crippen molar-refractivity contribution in [2.75, 3.05) is 30.9 Å². The minimum atomic E-state index is -3.43. The van der Waals surface area contributed by atoms with Gasteiger partial charge in [-0.15, -0.1) is 0 Å². The molecule has 33 heavy (non-hydrogen) atoms. The molecule has 3 N–H and O–H groups in total. The number of hydrogen-bond donors (Lipinski definition) is 3. The number of benzene rings is 2. The van der Waals surface area contributed by atoms with Crippen LogP contribution in [0.4, 0.5) is 5.69 Å². The fraction of sp³-hybridized carbons (Fsp3) is 0.458. The Morgan fingerprint density at radius 3 is 2.21 bits per heavy atom. The summed E-state index contributed by atoms with van der Waals surface area (Å²) in [6.07, 6.45) is 0.369. The number of sulfonamides is 1. The van der Waals surface area contributed by atoms with Crippen LogP contribution in [-0.4, -0.2) is 77.6 Å². The third-order valence-electron chi connectivity index (χ3n) is 6.40. The van der Waals surface area contributed by atoms with Crippen LogP contribution >= 0.6 is 0 Å². The van der Waals surface area contributed by atoms with Crippen LogP contribution in [0, 0.1) is 0 Å². The molecule has 4 rings (SSSR count). The Hall–Kier alpha value is -2.46. The van der Waals surface area contributed by atoms with Crippen molar-refractivity contribution in [3.63, 3.8) is 0 Å². The van der Waals surface area contributed by atoms with Gasteiger partial charge in [0.1, 0.15) is 11.8 Å². The summed E-state index contributed by atoms with van der Waals surface area (Å²) in [6.45, 7) is 5.27. The van der Waals surface area contributed by atoms with Crippen molar-refractivity contribution in [2.45, 2.75) is 43.8 Å². The molecule has 2 aromatic carbocycles. The van der Waals surface area contributed by atoms with Crippen LogP contribution in [0.5, 0.6) is 0 Å². The molecule has 1 unspecified atom stereocenters. The normalized spacial score (nSPS) is 19.4. The van der Waals surface area contributed by atoms with Gasteiger partial charge in [-0.25, -0.2) is 8.42 Å². The van der Waals surface area contributed by atoms with E-state index < -0.39 is 27.1 Å². The molecule has 8 nitrogen and oxygen atoms in total. The Kier molecular flexibility index (Phi) is 6.50. The lowest BCUT2D eigenvalue weighted by Crippen LogP contribution is -2.55. The van der Waals surface area contributed by atoms with Gasteiger partial charge in [-0.3, -0.25) is 14.4 Å². The third-order valence-corrected chi connectivity index (χ3v) is 8.16. The first kappa shape index (κ1) is 23.7. The lowest BCUT2D eigenvalue weighted by molar-refractivity contribution is -0.108. The summed E-state index contributed by atoms with van der Waals surface area (Å²) in [4.78, 5) is 16.5. The molecule has 0 aromatic heterocycles. The zero-order chi connectivity index (χ0) is 23.8. The molecule has 1 heterocycles. The van der Waals surface area contributed by atoms with Gasteiger partial charge in [-0.2, -0.15) is 0 Å². The Morgan fingerprint density at radius 2 is 1.64 bits per heavy atom. The molecule has 0 spiro atoms. The van der Waals surface area contributed by atoms with Crippen LogP contribution in [0.25, 0.3) is 11.1 Å². The quantitative estimate of drug-likeness (QED) is 0.568. The molecule has 1 aliphatic carbocycles. The van der Waals surface area contributed by atoms with Crippen LogP contribution in [0.15, 0.2) is 48.5 Å². The molecule has 0 radical (unpaired) electrons. The minimum absolute atomic E-state index is 0.0701. The molecular formula is C24H31N3O5S. The van der Waals surface area contributed by atoms with Crippen molar-refractivity contribution in [3.8, 4) is 11.1 Å². The van der Waals surface area contributed by atoms with Crippen molar-refractivity contribution >= 4 is 21.6 Å². The van der Waals surface area contributed by atoms with Gasteiger partial charge in [0.25, 0.3) is 5.91 Å². The molecule has 178 valence electrons. The van der Waals surface area contributed by atoms with Gasteiger partial charge >= 0.3 is 0 Å². The number of aliphatic hydroxyl groups is 2. The molecule has 1 aliphatic heterocycles. The standard InChI is InChI=1S/C24H31N3O5S/c1-17(2)33(31,32)25-21-5-3-4-20(16-21)18-6-8-19(9-7-18)22(28)26-12-14-27(15-13-26)23(29)24(30)10-11-24/h3-9,16-17,23,25,29-30H,10-15H2,1-2H3. The van der Waals surface area contributed by atoms with Gasteiger partial charge < -0.3 is 15.1 Å². The van der Waals surface area contributed by atoms with Gasteiger partial charge in [0.2, 0.25) is 10.0 Å². The van der Waals surface area contributed by atoms with E-state index in [0.717, 1.165) is 11.1 Å². The topological polar surface area (TPSA) is 110 Å². The number of carbonyl (C=O) groups is 1. The van der Waals surface area contributed by atoms with E-state index in [2.05, 4.69) is 4.72 Å². The van der Waals surface area contributed by atoms with Crippen molar-refractivity contribution in [3.05, 3.63) is 54.1 Å². The van der Waals surface area contributed by atoms with Crippen molar-refractivity contribution in [2.24, 2.45) is 0 Å². The molecule has 0 bridgehead atoms. The first-order valence-electron chi connectivity index (χ1n) is 11.2. The molecule has 9 heteroatoms. The lowest BCUT2D eigenvalue weighted by Gasteiger charge is -2.38. The maximum atomic E-state index is 12.9. The average molecular weight is 474 g/mol. The summed E-state index contributed by atoms with van der Waals surface area (Å²) < 4.78 is 26.9. The van der Waals surface area contributed by atoms with E-state index >= 15 is 0 Å². The van der Waals surface area contributed by atoms with Crippen LogP contribution in [0.3, 0.4) is 0 Å². The van der Waals surface area contributed by atoms with E-state index in [4.69, 9.17) is 0 Å². The number of piperazine rings is 1. The second-order valence-corrected chi connectivity index (χ2v) is 11.4. The molecular weight excluding hydrogens is 442 g/mol. The maximum absolute atomic E-state index is 12.9. The molecule has 2 aromatic rings. The van der Waals surface area contributed by atoms with Gasteiger partial charge in [0.15, 0.2) is 0 Å². The zero-order valence-corrected chi connectivity index (χ0v) is 19.8. The first-order valence-corrected chi connectivity index (χ1v) is 12.8. The van der Waals surface area contributed by atoms with Crippen LogP contribution < -0.4 is 4.72 Å². The van der Waals surface area contributed by atoms with Gasteiger partial charge in [0, 0.05) is 37.4 Å². The predicted molar refractivity (Wildman–Crippen MR) is 127 cm³/mol.